The molecule has 0 amide bonds. The molecule has 1 atom stereocenters. The summed E-state index contributed by atoms with van der Waals surface area (Å²) in [7, 11) is 0. The first-order chi connectivity index (χ1) is 14.3. The normalized spacial score (nSPS) is 12.3. The largest absolute Gasteiger partial charge is 0.326 e. The Morgan fingerprint density at radius 2 is 1.79 bits per heavy atom. The fourth-order valence-electron chi connectivity index (χ4n) is 3.58. The van der Waals surface area contributed by atoms with Crippen LogP contribution in [0.25, 0.3) is 33.5 Å². The summed E-state index contributed by atoms with van der Waals surface area (Å²) in [6, 6.07) is 14.6. The van der Waals surface area contributed by atoms with Gasteiger partial charge in [0, 0.05) is 30.4 Å². The monoisotopic (exact) mass is 381 g/mol. The van der Waals surface area contributed by atoms with Gasteiger partial charge in [-0.2, -0.15) is 5.10 Å². The zero-order chi connectivity index (χ0) is 19.6. The van der Waals surface area contributed by atoms with Gasteiger partial charge in [-0.3, -0.25) is 4.68 Å². The summed E-state index contributed by atoms with van der Waals surface area (Å²) >= 11 is 0. The standard InChI is InChI=1S/C22H19N7/c1-16(13-28-15-23-14-27-28)29-10-9-24-22(29)18-11-25-21(26-12-18)20-8-4-6-17-5-2-3-7-19(17)20/h2-12,14-16H,13H2,1H3/t16-/m0/s1. The Morgan fingerprint density at radius 1 is 0.966 bits per heavy atom. The van der Waals surface area contributed by atoms with Crippen LogP contribution in [0.1, 0.15) is 13.0 Å². The van der Waals surface area contributed by atoms with Crippen LogP contribution >= 0.6 is 0 Å². The molecule has 29 heavy (non-hydrogen) atoms. The fraction of sp³-hybridized carbons (Fsp3) is 0.136. The quantitative estimate of drug-likeness (QED) is 0.460. The first-order valence-corrected chi connectivity index (χ1v) is 9.45. The van der Waals surface area contributed by atoms with Gasteiger partial charge in [-0.05, 0) is 17.7 Å². The lowest BCUT2D eigenvalue weighted by Gasteiger charge is -2.16. The predicted molar refractivity (Wildman–Crippen MR) is 111 cm³/mol. The number of hydrogen-bond acceptors (Lipinski definition) is 5. The lowest BCUT2D eigenvalue weighted by atomic mass is 10.0. The highest BCUT2D eigenvalue weighted by molar-refractivity contribution is 5.95. The van der Waals surface area contributed by atoms with Crippen LogP contribution in [0.3, 0.4) is 0 Å². The summed E-state index contributed by atoms with van der Waals surface area (Å²) in [5.41, 5.74) is 1.90. The van der Waals surface area contributed by atoms with Gasteiger partial charge in [-0.15, -0.1) is 0 Å². The molecule has 0 radical (unpaired) electrons. The van der Waals surface area contributed by atoms with Crippen molar-refractivity contribution < 1.29 is 0 Å². The van der Waals surface area contributed by atoms with E-state index in [1.54, 1.807) is 18.9 Å². The molecule has 5 aromatic rings. The van der Waals surface area contributed by atoms with Gasteiger partial charge >= 0.3 is 0 Å². The lowest BCUT2D eigenvalue weighted by molar-refractivity contribution is 0.439. The predicted octanol–water partition coefficient (Wildman–Crippen LogP) is 4.01. The molecular formula is C22H19N7. The summed E-state index contributed by atoms with van der Waals surface area (Å²) in [5.74, 6) is 1.54. The minimum absolute atomic E-state index is 0.159. The molecule has 0 saturated heterocycles. The number of benzene rings is 2. The van der Waals surface area contributed by atoms with Gasteiger partial charge < -0.3 is 4.57 Å². The van der Waals surface area contributed by atoms with E-state index in [0.717, 1.165) is 22.3 Å². The van der Waals surface area contributed by atoms with Crippen LogP contribution in [0, 0.1) is 0 Å². The van der Waals surface area contributed by atoms with Gasteiger partial charge in [-0.1, -0.05) is 42.5 Å². The molecule has 0 spiro atoms. The molecule has 0 saturated carbocycles. The number of fused-ring (bicyclic) bond motifs is 1. The molecular weight excluding hydrogens is 362 g/mol. The van der Waals surface area contributed by atoms with E-state index in [1.165, 1.54) is 5.39 Å². The summed E-state index contributed by atoms with van der Waals surface area (Å²) in [6.45, 7) is 2.83. The van der Waals surface area contributed by atoms with Gasteiger partial charge in [0.2, 0.25) is 0 Å². The zero-order valence-electron chi connectivity index (χ0n) is 15.9. The van der Waals surface area contributed by atoms with Crippen molar-refractivity contribution in [2.45, 2.75) is 19.5 Å². The Balaban J connectivity index is 1.46. The second-order valence-corrected chi connectivity index (χ2v) is 6.95. The van der Waals surface area contributed by atoms with Gasteiger partial charge in [0.25, 0.3) is 0 Å². The number of nitrogens with zero attached hydrogens (tertiary/aromatic N) is 7. The first-order valence-electron chi connectivity index (χ1n) is 9.45. The molecule has 0 unspecified atom stereocenters. The Kier molecular flexibility index (Phi) is 4.32. The molecule has 5 rings (SSSR count). The third-order valence-electron chi connectivity index (χ3n) is 5.00. The highest BCUT2D eigenvalue weighted by Crippen LogP contribution is 2.27. The van der Waals surface area contributed by atoms with Crippen molar-refractivity contribution in [2.75, 3.05) is 0 Å². The maximum Gasteiger partial charge on any atom is 0.159 e. The van der Waals surface area contributed by atoms with E-state index in [2.05, 4.69) is 60.8 Å². The summed E-state index contributed by atoms with van der Waals surface area (Å²) in [4.78, 5) is 17.8. The molecule has 3 aromatic heterocycles. The van der Waals surface area contributed by atoms with E-state index in [1.807, 2.05) is 41.5 Å². The number of aromatic nitrogens is 7. The second kappa shape index (κ2) is 7.27. The Labute approximate surface area is 167 Å². The van der Waals surface area contributed by atoms with Crippen molar-refractivity contribution in [1.29, 1.82) is 0 Å². The average molecular weight is 381 g/mol. The SMILES string of the molecule is C[C@@H](Cn1cncn1)n1ccnc1-c1cnc(-c2cccc3ccccc23)nc1. The molecule has 0 bridgehead atoms. The highest BCUT2D eigenvalue weighted by Gasteiger charge is 2.14. The van der Waals surface area contributed by atoms with Crippen LogP contribution in [-0.4, -0.2) is 34.3 Å². The van der Waals surface area contributed by atoms with Crippen LogP contribution in [-0.2, 0) is 6.54 Å². The third-order valence-corrected chi connectivity index (χ3v) is 5.00. The fourth-order valence-corrected chi connectivity index (χ4v) is 3.58. The van der Waals surface area contributed by atoms with Crippen molar-refractivity contribution in [1.82, 2.24) is 34.3 Å². The van der Waals surface area contributed by atoms with E-state index < -0.39 is 0 Å². The van der Waals surface area contributed by atoms with Crippen molar-refractivity contribution in [3.05, 3.63) is 79.9 Å². The molecule has 0 aliphatic heterocycles. The highest BCUT2D eigenvalue weighted by atomic mass is 15.3. The summed E-state index contributed by atoms with van der Waals surface area (Å²) in [6.07, 6.45) is 10.7. The maximum atomic E-state index is 4.64. The van der Waals surface area contributed by atoms with Crippen LogP contribution in [0.15, 0.2) is 79.9 Å². The van der Waals surface area contributed by atoms with E-state index in [0.29, 0.717) is 12.4 Å². The van der Waals surface area contributed by atoms with E-state index in [4.69, 9.17) is 0 Å². The molecule has 0 fully saturated rings. The molecule has 7 heteroatoms. The molecule has 2 aromatic carbocycles. The molecule has 0 aliphatic rings. The second-order valence-electron chi connectivity index (χ2n) is 6.95. The number of hydrogen-bond donors (Lipinski definition) is 0. The smallest absolute Gasteiger partial charge is 0.159 e. The van der Waals surface area contributed by atoms with E-state index >= 15 is 0 Å². The summed E-state index contributed by atoms with van der Waals surface area (Å²) < 4.78 is 3.92. The average Bonchev–Trinajstić information content (AvgIpc) is 3.45. The van der Waals surface area contributed by atoms with Crippen LogP contribution in [0.5, 0.6) is 0 Å². The van der Waals surface area contributed by atoms with Gasteiger partial charge in [0.05, 0.1) is 18.2 Å². The zero-order valence-corrected chi connectivity index (χ0v) is 15.9. The molecule has 3 heterocycles. The topological polar surface area (TPSA) is 74.3 Å². The molecule has 0 N–H and O–H groups in total. The lowest BCUT2D eigenvalue weighted by Crippen LogP contribution is -2.14. The van der Waals surface area contributed by atoms with E-state index in [-0.39, 0.29) is 6.04 Å². The van der Waals surface area contributed by atoms with E-state index in [9.17, 15) is 0 Å². The molecule has 142 valence electrons. The molecule has 0 aliphatic carbocycles. The number of imidazole rings is 1. The Hall–Kier alpha value is -3.87. The van der Waals surface area contributed by atoms with Crippen molar-refractivity contribution in [2.24, 2.45) is 0 Å². The van der Waals surface area contributed by atoms with Gasteiger partial charge in [-0.25, -0.2) is 19.9 Å². The minimum atomic E-state index is 0.159. The first kappa shape index (κ1) is 17.2. The van der Waals surface area contributed by atoms with Gasteiger partial charge in [0.1, 0.15) is 18.5 Å². The third kappa shape index (κ3) is 3.27. The van der Waals surface area contributed by atoms with Crippen LogP contribution in [0.2, 0.25) is 0 Å². The summed E-state index contributed by atoms with van der Waals surface area (Å²) in [5, 5.41) is 6.51. The Morgan fingerprint density at radius 3 is 2.62 bits per heavy atom. The van der Waals surface area contributed by atoms with Crippen molar-refractivity contribution >= 4 is 10.8 Å². The van der Waals surface area contributed by atoms with Crippen LogP contribution < -0.4 is 0 Å². The van der Waals surface area contributed by atoms with Gasteiger partial charge in [0.15, 0.2) is 5.82 Å². The minimum Gasteiger partial charge on any atom is -0.326 e. The van der Waals surface area contributed by atoms with Crippen LogP contribution in [0.4, 0.5) is 0 Å². The van der Waals surface area contributed by atoms with Crippen molar-refractivity contribution in [3.63, 3.8) is 0 Å². The Bertz CT molecular complexity index is 1230. The maximum absolute atomic E-state index is 4.64. The van der Waals surface area contributed by atoms with Crippen molar-refractivity contribution in [3.8, 4) is 22.8 Å². The molecule has 7 nitrogen and oxygen atoms in total. The number of rotatable bonds is 5.